The van der Waals surface area contributed by atoms with Crippen LogP contribution in [0.25, 0.3) is 11.8 Å². The Bertz CT molecular complexity index is 792. The highest BCUT2D eigenvalue weighted by molar-refractivity contribution is 5.56. The first-order chi connectivity index (χ1) is 10.7. The summed E-state index contributed by atoms with van der Waals surface area (Å²) in [6, 6.07) is 14.0. The molecule has 0 amide bonds. The summed E-state index contributed by atoms with van der Waals surface area (Å²) in [6.45, 7) is 2.03. The summed E-state index contributed by atoms with van der Waals surface area (Å²) in [5.41, 5.74) is 2.85. The summed E-state index contributed by atoms with van der Waals surface area (Å²) in [4.78, 5) is 0. The van der Waals surface area contributed by atoms with Gasteiger partial charge < -0.3 is 5.32 Å². The van der Waals surface area contributed by atoms with Gasteiger partial charge in [-0.3, -0.25) is 0 Å². The van der Waals surface area contributed by atoms with Crippen LogP contribution >= 0.6 is 0 Å². The average molecular weight is 295 g/mol. The van der Waals surface area contributed by atoms with E-state index in [1.807, 2.05) is 31.2 Å². The molecule has 0 aliphatic heterocycles. The second-order valence-electron chi connectivity index (χ2n) is 4.72. The Morgan fingerprint density at radius 3 is 2.64 bits per heavy atom. The number of aryl methyl sites for hydroxylation is 1. The molecule has 0 saturated carbocycles. The third-order valence-corrected chi connectivity index (χ3v) is 3.18. The molecule has 1 aromatic heterocycles. The minimum Gasteiger partial charge on any atom is -0.361 e. The Morgan fingerprint density at radius 2 is 1.86 bits per heavy atom. The van der Waals surface area contributed by atoms with E-state index in [0.717, 1.165) is 11.3 Å². The predicted molar refractivity (Wildman–Crippen MR) is 82.9 cm³/mol. The zero-order valence-corrected chi connectivity index (χ0v) is 11.9. The van der Waals surface area contributed by atoms with Gasteiger partial charge in [-0.05, 0) is 53.2 Å². The summed E-state index contributed by atoms with van der Waals surface area (Å²) in [5, 5.41) is 14.7. The highest BCUT2D eigenvalue weighted by atomic mass is 19.1. The second-order valence-corrected chi connectivity index (χ2v) is 4.72. The smallest absolute Gasteiger partial charge is 0.181 e. The number of rotatable bonds is 4. The maximum absolute atomic E-state index is 13.0. The van der Waals surface area contributed by atoms with Crippen LogP contribution in [0, 0.1) is 12.7 Å². The van der Waals surface area contributed by atoms with Crippen molar-refractivity contribution in [1.82, 2.24) is 20.2 Å². The fourth-order valence-electron chi connectivity index (χ4n) is 2.00. The lowest BCUT2D eigenvalue weighted by Gasteiger charge is -2.04. The fourth-order valence-corrected chi connectivity index (χ4v) is 2.00. The lowest BCUT2D eigenvalue weighted by atomic mass is 10.2. The van der Waals surface area contributed by atoms with Crippen LogP contribution < -0.4 is 5.32 Å². The summed E-state index contributed by atoms with van der Waals surface area (Å²) in [5.74, 6) is 0.253. The van der Waals surface area contributed by atoms with Gasteiger partial charge in [-0.1, -0.05) is 18.2 Å². The van der Waals surface area contributed by atoms with Gasteiger partial charge in [0.1, 0.15) is 5.82 Å². The largest absolute Gasteiger partial charge is 0.361 e. The number of aromatic nitrogens is 4. The SMILES string of the molecule is Cc1ccccc1NC=Cc1nnnn1-c1ccc(F)cc1. The molecule has 6 heteroatoms. The first-order valence-corrected chi connectivity index (χ1v) is 6.77. The number of hydrogen-bond acceptors (Lipinski definition) is 4. The van der Waals surface area contributed by atoms with E-state index in [1.54, 1.807) is 24.4 Å². The van der Waals surface area contributed by atoms with E-state index in [2.05, 4.69) is 20.8 Å². The molecule has 0 radical (unpaired) electrons. The molecule has 1 N–H and O–H groups in total. The number of benzene rings is 2. The van der Waals surface area contributed by atoms with Gasteiger partial charge in [-0.25, -0.2) is 4.39 Å². The van der Waals surface area contributed by atoms with Crippen molar-refractivity contribution in [2.24, 2.45) is 0 Å². The van der Waals surface area contributed by atoms with Gasteiger partial charge in [-0.2, -0.15) is 4.68 Å². The molecule has 3 aromatic rings. The van der Waals surface area contributed by atoms with E-state index in [-0.39, 0.29) is 5.82 Å². The highest BCUT2D eigenvalue weighted by Crippen LogP contribution is 2.14. The van der Waals surface area contributed by atoms with Gasteiger partial charge in [0, 0.05) is 18.0 Å². The number of hydrogen-bond donors (Lipinski definition) is 1. The van der Waals surface area contributed by atoms with Gasteiger partial charge in [-0.15, -0.1) is 5.10 Å². The Balaban J connectivity index is 1.79. The molecule has 2 aromatic carbocycles. The molecule has 1 heterocycles. The molecule has 0 unspecified atom stereocenters. The van der Waals surface area contributed by atoms with Crippen molar-refractivity contribution in [3.63, 3.8) is 0 Å². The first kappa shape index (κ1) is 13.9. The predicted octanol–water partition coefficient (Wildman–Crippen LogP) is 3.19. The number of anilines is 1. The molecule has 0 aliphatic carbocycles. The van der Waals surface area contributed by atoms with E-state index in [4.69, 9.17) is 0 Å². The van der Waals surface area contributed by atoms with Gasteiger partial charge >= 0.3 is 0 Å². The highest BCUT2D eigenvalue weighted by Gasteiger charge is 2.05. The summed E-state index contributed by atoms with van der Waals surface area (Å²) in [6.07, 6.45) is 3.53. The van der Waals surface area contributed by atoms with Gasteiger partial charge in [0.15, 0.2) is 5.82 Å². The van der Waals surface area contributed by atoms with Crippen LogP contribution in [0.1, 0.15) is 11.4 Å². The normalized spacial score (nSPS) is 11.0. The molecule has 3 rings (SSSR count). The van der Waals surface area contributed by atoms with Crippen LogP contribution in [-0.2, 0) is 0 Å². The van der Waals surface area contributed by atoms with Crippen molar-refractivity contribution in [2.45, 2.75) is 6.92 Å². The van der Waals surface area contributed by atoms with Crippen molar-refractivity contribution < 1.29 is 4.39 Å². The zero-order valence-electron chi connectivity index (χ0n) is 11.9. The van der Waals surface area contributed by atoms with Crippen molar-refractivity contribution in [2.75, 3.05) is 5.32 Å². The zero-order chi connectivity index (χ0) is 15.4. The van der Waals surface area contributed by atoms with Crippen molar-refractivity contribution in [3.8, 4) is 5.69 Å². The Hall–Kier alpha value is -3.02. The fraction of sp³-hybridized carbons (Fsp3) is 0.0625. The average Bonchev–Trinajstić information content (AvgIpc) is 2.98. The summed E-state index contributed by atoms with van der Waals surface area (Å²) < 4.78 is 14.5. The lowest BCUT2D eigenvalue weighted by Crippen LogP contribution is -2.00. The van der Waals surface area contributed by atoms with E-state index in [0.29, 0.717) is 11.5 Å². The van der Waals surface area contributed by atoms with Crippen LogP contribution in [0.15, 0.2) is 54.7 Å². The van der Waals surface area contributed by atoms with Crippen LogP contribution in [0.5, 0.6) is 0 Å². The van der Waals surface area contributed by atoms with Gasteiger partial charge in [0.05, 0.1) is 5.69 Å². The maximum atomic E-state index is 13.0. The number of tetrazole rings is 1. The van der Waals surface area contributed by atoms with Crippen LogP contribution in [0.3, 0.4) is 0 Å². The number of halogens is 1. The lowest BCUT2D eigenvalue weighted by molar-refractivity contribution is 0.626. The molecular formula is C16H14FN5. The quantitative estimate of drug-likeness (QED) is 0.803. The summed E-state index contributed by atoms with van der Waals surface area (Å²) >= 11 is 0. The third-order valence-electron chi connectivity index (χ3n) is 3.18. The van der Waals surface area contributed by atoms with E-state index >= 15 is 0 Å². The second kappa shape index (κ2) is 6.17. The van der Waals surface area contributed by atoms with Crippen LogP contribution in [0.2, 0.25) is 0 Å². The van der Waals surface area contributed by atoms with E-state index in [1.165, 1.54) is 16.8 Å². The molecule has 110 valence electrons. The molecule has 0 atom stereocenters. The van der Waals surface area contributed by atoms with E-state index in [9.17, 15) is 4.39 Å². The first-order valence-electron chi connectivity index (χ1n) is 6.77. The van der Waals surface area contributed by atoms with E-state index < -0.39 is 0 Å². The molecule has 0 fully saturated rings. The Morgan fingerprint density at radius 1 is 1.09 bits per heavy atom. The topological polar surface area (TPSA) is 55.6 Å². The summed E-state index contributed by atoms with van der Waals surface area (Å²) in [7, 11) is 0. The minimum absolute atomic E-state index is 0.296. The molecule has 0 spiro atoms. The van der Waals surface area contributed by atoms with Crippen molar-refractivity contribution in [3.05, 3.63) is 71.9 Å². The Kier molecular flexibility index (Phi) is 3.91. The monoisotopic (exact) mass is 295 g/mol. The standard InChI is InChI=1S/C16H14FN5/c1-12-4-2-3-5-15(12)18-11-10-16-19-20-21-22(16)14-8-6-13(17)7-9-14/h2-11,18H,1H3. The van der Waals surface area contributed by atoms with Crippen molar-refractivity contribution >= 4 is 11.8 Å². The molecule has 0 bridgehead atoms. The molecule has 0 saturated heterocycles. The molecule has 22 heavy (non-hydrogen) atoms. The Labute approximate surface area is 127 Å². The molecule has 0 aliphatic rings. The molecule has 5 nitrogen and oxygen atoms in total. The molecular weight excluding hydrogens is 281 g/mol. The van der Waals surface area contributed by atoms with Gasteiger partial charge in [0.2, 0.25) is 0 Å². The van der Waals surface area contributed by atoms with Gasteiger partial charge in [0.25, 0.3) is 0 Å². The number of nitrogens with one attached hydrogen (secondary N) is 1. The number of nitrogens with zero attached hydrogens (tertiary/aromatic N) is 4. The maximum Gasteiger partial charge on any atom is 0.181 e. The van der Waals surface area contributed by atoms with Crippen molar-refractivity contribution in [1.29, 1.82) is 0 Å². The van der Waals surface area contributed by atoms with Crippen LogP contribution in [0.4, 0.5) is 10.1 Å². The van der Waals surface area contributed by atoms with Crippen LogP contribution in [-0.4, -0.2) is 20.2 Å². The minimum atomic E-state index is -0.296. The number of para-hydroxylation sites is 1. The third kappa shape index (κ3) is 3.01.